The Bertz CT molecular complexity index is 702. The standard InChI is InChI=1S/C15H17N3O6/c1-20-6-2-5-16-14(19)15-17-13(18-24-15)8-21-10-3-4-11-12(7-10)23-9-22-11/h3-4,7H,2,5-6,8-9H2,1H3,(H,16,19). The molecule has 2 aromatic rings. The lowest BCUT2D eigenvalue weighted by Gasteiger charge is -2.04. The van der Waals surface area contributed by atoms with E-state index in [1.54, 1.807) is 25.3 Å². The highest BCUT2D eigenvalue weighted by atomic mass is 16.7. The minimum atomic E-state index is -0.423. The quantitative estimate of drug-likeness (QED) is 0.716. The van der Waals surface area contributed by atoms with Crippen molar-refractivity contribution in [1.29, 1.82) is 0 Å². The van der Waals surface area contributed by atoms with Gasteiger partial charge in [0.05, 0.1) is 0 Å². The molecule has 1 aromatic carbocycles. The van der Waals surface area contributed by atoms with Crippen molar-refractivity contribution in [3.63, 3.8) is 0 Å². The third kappa shape index (κ3) is 3.93. The first kappa shape index (κ1) is 16.1. The van der Waals surface area contributed by atoms with Gasteiger partial charge in [-0.1, -0.05) is 5.16 Å². The van der Waals surface area contributed by atoms with Crippen LogP contribution in [0.5, 0.6) is 17.2 Å². The average molecular weight is 335 g/mol. The maximum Gasteiger partial charge on any atom is 0.316 e. The molecule has 0 atom stereocenters. The van der Waals surface area contributed by atoms with Gasteiger partial charge in [0.25, 0.3) is 0 Å². The zero-order chi connectivity index (χ0) is 16.8. The summed E-state index contributed by atoms with van der Waals surface area (Å²) in [6.07, 6.45) is 0.705. The SMILES string of the molecule is COCCCNC(=O)c1nc(COc2ccc3c(c2)OCO3)no1. The topological polar surface area (TPSA) is 105 Å². The fraction of sp³-hybridized carbons (Fsp3) is 0.400. The Morgan fingerprint density at radius 2 is 2.21 bits per heavy atom. The summed E-state index contributed by atoms with van der Waals surface area (Å²) < 4.78 is 25.9. The lowest BCUT2D eigenvalue weighted by atomic mass is 10.3. The van der Waals surface area contributed by atoms with E-state index < -0.39 is 5.91 Å². The van der Waals surface area contributed by atoms with Crippen LogP contribution in [-0.2, 0) is 11.3 Å². The summed E-state index contributed by atoms with van der Waals surface area (Å²) in [6, 6.07) is 5.22. The Kier molecular flexibility index (Phi) is 5.12. The summed E-state index contributed by atoms with van der Waals surface area (Å²) in [6.45, 7) is 1.31. The van der Waals surface area contributed by atoms with E-state index >= 15 is 0 Å². The van der Waals surface area contributed by atoms with E-state index in [-0.39, 0.29) is 25.1 Å². The number of carbonyl (C=O) groups excluding carboxylic acids is 1. The van der Waals surface area contributed by atoms with Crippen molar-refractivity contribution in [2.75, 3.05) is 27.1 Å². The van der Waals surface area contributed by atoms with Crippen molar-refractivity contribution in [3.05, 3.63) is 29.9 Å². The maximum absolute atomic E-state index is 11.8. The summed E-state index contributed by atoms with van der Waals surface area (Å²) in [5.74, 6) is 1.63. The van der Waals surface area contributed by atoms with Crippen molar-refractivity contribution in [3.8, 4) is 17.2 Å². The van der Waals surface area contributed by atoms with Gasteiger partial charge in [0, 0.05) is 26.3 Å². The molecular weight excluding hydrogens is 318 g/mol. The molecule has 0 bridgehead atoms. The van der Waals surface area contributed by atoms with E-state index in [0.717, 1.165) is 0 Å². The molecule has 2 heterocycles. The predicted octanol–water partition coefficient (Wildman–Crippen LogP) is 1.14. The van der Waals surface area contributed by atoms with Crippen LogP contribution in [0.15, 0.2) is 22.7 Å². The van der Waals surface area contributed by atoms with Crippen LogP contribution in [0.1, 0.15) is 22.9 Å². The van der Waals surface area contributed by atoms with Gasteiger partial charge in [-0.15, -0.1) is 0 Å². The molecule has 3 rings (SSSR count). The Morgan fingerprint density at radius 1 is 1.33 bits per heavy atom. The van der Waals surface area contributed by atoms with Crippen molar-refractivity contribution >= 4 is 5.91 Å². The Labute approximate surface area is 137 Å². The lowest BCUT2D eigenvalue weighted by molar-refractivity contribution is 0.0904. The molecule has 1 N–H and O–H groups in total. The van der Waals surface area contributed by atoms with E-state index in [4.69, 9.17) is 23.5 Å². The first-order chi connectivity index (χ1) is 11.8. The van der Waals surface area contributed by atoms with E-state index in [0.29, 0.717) is 36.8 Å². The van der Waals surface area contributed by atoms with E-state index in [2.05, 4.69) is 15.5 Å². The number of carbonyl (C=O) groups is 1. The van der Waals surface area contributed by atoms with Gasteiger partial charge in [-0.2, -0.15) is 4.98 Å². The Hall–Kier alpha value is -2.81. The first-order valence-electron chi connectivity index (χ1n) is 7.38. The molecule has 1 amide bonds. The largest absolute Gasteiger partial charge is 0.485 e. The molecule has 0 radical (unpaired) electrons. The molecule has 9 nitrogen and oxygen atoms in total. The summed E-state index contributed by atoms with van der Waals surface area (Å²) in [5.41, 5.74) is 0. The van der Waals surface area contributed by atoms with E-state index in [9.17, 15) is 4.79 Å². The number of nitrogens with zero attached hydrogens (tertiary/aromatic N) is 2. The number of methoxy groups -OCH3 is 1. The highest BCUT2D eigenvalue weighted by Gasteiger charge is 2.16. The third-order valence-electron chi connectivity index (χ3n) is 3.19. The second-order valence-corrected chi connectivity index (χ2v) is 4.92. The number of hydrogen-bond acceptors (Lipinski definition) is 8. The van der Waals surface area contributed by atoms with Crippen molar-refractivity contribution in [2.24, 2.45) is 0 Å². The van der Waals surface area contributed by atoms with Crippen molar-refractivity contribution in [1.82, 2.24) is 15.5 Å². The minimum Gasteiger partial charge on any atom is -0.485 e. The molecule has 9 heteroatoms. The van der Waals surface area contributed by atoms with Crippen LogP contribution >= 0.6 is 0 Å². The van der Waals surface area contributed by atoms with Gasteiger partial charge < -0.3 is 28.8 Å². The van der Waals surface area contributed by atoms with Gasteiger partial charge in [-0.05, 0) is 18.6 Å². The summed E-state index contributed by atoms with van der Waals surface area (Å²) in [5, 5.41) is 6.38. The molecule has 0 unspecified atom stereocenters. The number of fused-ring (bicyclic) bond motifs is 1. The number of amides is 1. The Balaban J connectivity index is 1.50. The van der Waals surface area contributed by atoms with Gasteiger partial charge in [0.2, 0.25) is 12.6 Å². The van der Waals surface area contributed by atoms with Crippen LogP contribution in [0.2, 0.25) is 0 Å². The highest BCUT2D eigenvalue weighted by Crippen LogP contribution is 2.35. The number of hydrogen-bond donors (Lipinski definition) is 1. The summed E-state index contributed by atoms with van der Waals surface area (Å²) >= 11 is 0. The molecule has 1 aromatic heterocycles. The van der Waals surface area contributed by atoms with Gasteiger partial charge in [-0.25, -0.2) is 0 Å². The normalized spacial score (nSPS) is 12.2. The van der Waals surface area contributed by atoms with Crippen LogP contribution in [0, 0.1) is 0 Å². The summed E-state index contributed by atoms with van der Waals surface area (Å²) in [4.78, 5) is 15.8. The van der Waals surface area contributed by atoms with Crippen LogP contribution in [0.3, 0.4) is 0 Å². The van der Waals surface area contributed by atoms with Gasteiger partial charge in [-0.3, -0.25) is 4.79 Å². The first-order valence-corrected chi connectivity index (χ1v) is 7.38. The fourth-order valence-corrected chi connectivity index (χ4v) is 2.01. The number of ether oxygens (including phenoxy) is 4. The molecule has 1 aliphatic rings. The number of rotatable bonds is 8. The number of aromatic nitrogens is 2. The summed E-state index contributed by atoms with van der Waals surface area (Å²) in [7, 11) is 1.60. The zero-order valence-corrected chi connectivity index (χ0v) is 13.1. The minimum absolute atomic E-state index is 0.0695. The predicted molar refractivity (Wildman–Crippen MR) is 80.0 cm³/mol. The highest BCUT2D eigenvalue weighted by molar-refractivity contribution is 5.89. The number of nitrogens with one attached hydrogen (secondary N) is 1. The molecule has 0 saturated carbocycles. The third-order valence-corrected chi connectivity index (χ3v) is 3.19. The zero-order valence-electron chi connectivity index (χ0n) is 13.1. The second kappa shape index (κ2) is 7.64. The van der Waals surface area contributed by atoms with E-state index in [1.165, 1.54) is 0 Å². The molecule has 0 fully saturated rings. The van der Waals surface area contributed by atoms with Crippen LogP contribution in [0.4, 0.5) is 0 Å². The fourth-order valence-electron chi connectivity index (χ4n) is 2.01. The van der Waals surface area contributed by atoms with Gasteiger partial charge in [0.15, 0.2) is 18.1 Å². The number of benzene rings is 1. The molecule has 0 spiro atoms. The van der Waals surface area contributed by atoms with Crippen LogP contribution < -0.4 is 19.5 Å². The lowest BCUT2D eigenvalue weighted by Crippen LogP contribution is -2.25. The van der Waals surface area contributed by atoms with Gasteiger partial charge in [0.1, 0.15) is 5.75 Å². The Morgan fingerprint density at radius 3 is 3.08 bits per heavy atom. The molecule has 0 saturated heterocycles. The second-order valence-electron chi connectivity index (χ2n) is 4.92. The van der Waals surface area contributed by atoms with Crippen molar-refractivity contribution < 1.29 is 28.3 Å². The van der Waals surface area contributed by atoms with Crippen molar-refractivity contribution in [2.45, 2.75) is 13.0 Å². The van der Waals surface area contributed by atoms with Gasteiger partial charge >= 0.3 is 11.8 Å². The molecule has 128 valence electrons. The molecule has 1 aliphatic heterocycles. The maximum atomic E-state index is 11.8. The molecule has 24 heavy (non-hydrogen) atoms. The molecular formula is C15H17N3O6. The van der Waals surface area contributed by atoms with E-state index in [1.807, 2.05) is 0 Å². The smallest absolute Gasteiger partial charge is 0.316 e. The van der Waals surface area contributed by atoms with Crippen LogP contribution in [0.25, 0.3) is 0 Å². The van der Waals surface area contributed by atoms with Crippen LogP contribution in [-0.4, -0.2) is 43.1 Å². The monoisotopic (exact) mass is 335 g/mol. The molecule has 0 aliphatic carbocycles. The average Bonchev–Trinajstić information content (AvgIpc) is 3.25.